The standard InChI is InChI=1S/C22H32F2/c1-2-3-16-4-6-17(7-5-16)18-8-10-19(11-9-18)20-12-14-21(15-13-20)22(23)24/h12-19,22H,2-11H2,1H3/t16-,17-,18?,19?. The van der Waals surface area contributed by atoms with Gasteiger partial charge in [-0.25, -0.2) is 8.78 Å². The zero-order valence-electron chi connectivity index (χ0n) is 15.0. The van der Waals surface area contributed by atoms with Gasteiger partial charge in [-0.2, -0.15) is 0 Å². The molecule has 134 valence electrons. The van der Waals surface area contributed by atoms with Gasteiger partial charge in [0.25, 0.3) is 6.43 Å². The second-order valence-electron chi connectivity index (χ2n) is 8.15. The normalized spacial score (nSPS) is 31.3. The van der Waals surface area contributed by atoms with Gasteiger partial charge in [-0.1, -0.05) is 56.9 Å². The molecule has 0 spiro atoms. The summed E-state index contributed by atoms with van der Waals surface area (Å²) in [5.41, 5.74) is 1.42. The van der Waals surface area contributed by atoms with Crippen molar-refractivity contribution in [1.29, 1.82) is 0 Å². The number of hydrogen-bond donors (Lipinski definition) is 0. The smallest absolute Gasteiger partial charge is 0.205 e. The Balaban J connectivity index is 1.47. The fourth-order valence-electron chi connectivity index (χ4n) is 5.19. The Morgan fingerprint density at radius 3 is 1.88 bits per heavy atom. The first-order valence-electron chi connectivity index (χ1n) is 10.0. The van der Waals surface area contributed by atoms with Crippen LogP contribution in [0.4, 0.5) is 8.78 Å². The summed E-state index contributed by atoms with van der Waals surface area (Å²) in [6.07, 6.45) is 11.4. The fourth-order valence-corrected chi connectivity index (χ4v) is 5.19. The Labute approximate surface area is 146 Å². The van der Waals surface area contributed by atoms with Crippen molar-refractivity contribution in [3.8, 4) is 0 Å². The lowest BCUT2D eigenvalue weighted by Crippen LogP contribution is -2.25. The monoisotopic (exact) mass is 334 g/mol. The quantitative estimate of drug-likeness (QED) is 0.523. The van der Waals surface area contributed by atoms with Crippen LogP contribution in [0.25, 0.3) is 0 Å². The van der Waals surface area contributed by atoms with Gasteiger partial charge < -0.3 is 0 Å². The molecule has 0 unspecified atom stereocenters. The SMILES string of the molecule is CCC[C@H]1CC[C@H](C2CCC(c3ccc(C(F)F)cc3)CC2)CC1. The van der Waals surface area contributed by atoms with E-state index in [4.69, 9.17) is 0 Å². The third-order valence-corrected chi connectivity index (χ3v) is 6.69. The maximum absolute atomic E-state index is 12.7. The van der Waals surface area contributed by atoms with Crippen LogP contribution in [0.15, 0.2) is 24.3 Å². The van der Waals surface area contributed by atoms with E-state index >= 15 is 0 Å². The fraction of sp³-hybridized carbons (Fsp3) is 0.727. The van der Waals surface area contributed by atoms with E-state index in [1.807, 2.05) is 12.1 Å². The predicted octanol–water partition coefficient (Wildman–Crippen LogP) is 7.50. The summed E-state index contributed by atoms with van der Waals surface area (Å²) < 4.78 is 25.3. The van der Waals surface area contributed by atoms with E-state index in [0.29, 0.717) is 5.92 Å². The molecule has 3 rings (SSSR count). The summed E-state index contributed by atoms with van der Waals surface area (Å²) in [6.45, 7) is 2.31. The zero-order valence-corrected chi connectivity index (χ0v) is 15.0. The average molecular weight is 334 g/mol. The lowest BCUT2D eigenvalue weighted by atomic mass is 9.68. The Kier molecular flexibility index (Phi) is 6.30. The molecule has 0 saturated heterocycles. The Morgan fingerprint density at radius 2 is 1.38 bits per heavy atom. The van der Waals surface area contributed by atoms with Crippen molar-refractivity contribution in [1.82, 2.24) is 0 Å². The van der Waals surface area contributed by atoms with Crippen LogP contribution in [-0.2, 0) is 0 Å². The van der Waals surface area contributed by atoms with Crippen molar-refractivity contribution in [3.05, 3.63) is 35.4 Å². The first-order valence-corrected chi connectivity index (χ1v) is 10.0. The first-order chi connectivity index (χ1) is 11.7. The van der Waals surface area contributed by atoms with Crippen molar-refractivity contribution < 1.29 is 8.78 Å². The first kappa shape index (κ1) is 17.9. The number of benzene rings is 1. The zero-order chi connectivity index (χ0) is 16.9. The molecule has 2 fully saturated rings. The highest BCUT2D eigenvalue weighted by Crippen LogP contribution is 2.44. The molecule has 1 aromatic carbocycles. The number of rotatable bonds is 5. The summed E-state index contributed by atoms with van der Waals surface area (Å²) >= 11 is 0. The largest absolute Gasteiger partial charge is 0.263 e. The molecule has 0 bridgehead atoms. The van der Waals surface area contributed by atoms with Gasteiger partial charge in [0.2, 0.25) is 0 Å². The van der Waals surface area contributed by atoms with E-state index in [0.717, 1.165) is 17.8 Å². The van der Waals surface area contributed by atoms with E-state index < -0.39 is 6.43 Å². The van der Waals surface area contributed by atoms with Gasteiger partial charge in [-0.05, 0) is 67.8 Å². The molecular weight excluding hydrogens is 302 g/mol. The number of halogens is 2. The third kappa shape index (κ3) is 4.37. The Hall–Kier alpha value is -0.920. The topological polar surface area (TPSA) is 0 Å². The summed E-state index contributed by atoms with van der Waals surface area (Å²) in [5.74, 6) is 3.46. The van der Waals surface area contributed by atoms with Crippen molar-refractivity contribution >= 4 is 0 Å². The highest BCUT2D eigenvalue weighted by Gasteiger charge is 2.31. The molecule has 0 aliphatic heterocycles. The van der Waals surface area contributed by atoms with Gasteiger partial charge in [-0.3, -0.25) is 0 Å². The van der Waals surface area contributed by atoms with Gasteiger partial charge in [0.15, 0.2) is 0 Å². The number of hydrogen-bond acceptors (Lipinski definition) is 0. The molecule has 0 amide bonds. The van der Waals surface area contributed by atoms with E-state index in [2.05, 4.69) is 6.92 Å². The highest BCUT2D eigenvalue weighted by atomic mass is 19.3. The van der Waals surface area contributed by atoms with Crippen molar-refractivity contribution in [2.24, 2.45) is 17.8 Å². The molecular formula is C22H32F2. The Morgan fingerprint density at radius 1 is 0.833 bits per heavy atom. The summed E-state index contributed by atoms with van der Waals surface area (Å²) in [4.78, 5) is 0. The van der Waals surface area contributed by atoms with Crippen LogP contribution in [0.3, 0.4) is 0 Å². The second-order valence-corrected chi connectivity index (χ2v) is 8.15. The van der Waals surface area contributed by atoms with E-state index in [9.17, 15) is 8.78 Å². The maximum Gasteiger partial charge on any atom is 0.263 e. The van der Waals surface area contributed by atoms with E-state index in [1.165, 1.54) is 69.8 Å². The maximum atomic E-state index is 12.7. The molecule has 0 atom stereocenters. The molecule has 2 aliphatic rings. The van der Waals surface area contributed by atoms with Crippen molar-refractivity contribution in [3.63, 3.8) is 0 Å². The summed E-state index contributed by atoms with van der Waals surface area (Å²) in [7, 11) is 0. The third-order valence-electron chi connectivity index (χ3n) is 6.69. The van der Waals surface area contributed by atoms with Gasteiger partial charge in [0.05, 0.1) is 0 Å². The molecule has 1 aromatic rings. The molecule has 0 N–H and O–H groups in total. The molecule has 2 saturated carbocycles. The van der Waals surface area contributed by atoms with Gasteiger partial charge >= 0.3 is 0 Å². The van der Waals surface area contributed by atoms with Crippen LogP contribution in [0, 0.1) is 17.8 Å². The molecule has 2 aliphatic carbocycles. The van der Waals surface area contributed by atoms with E-state index in [-0.39, 0.29) is 5.56 Å². The van der Waals surface area contributed by atoms with Crippen LogP contribution in [0.1, 0.15) is 94.6 Å². The van der Waals surface area contributed by atoms with Gasteiger partial charge in [0, 0.05) is 5.56 Å². The average Bonchev–Trinajstić information content (AvgIpc) is 2.63. The van der Waals surface area contributed by atoms with Crippen LogP contribution in [0.5, 0.6) is 0 Å². The van der Waals surface area contributed by atoms with Crippen molar-refractivity contribution in [2.45, 2.75) is 83.5 Å². The van der Waals surface area contributed by atoms with Crippen LogP contribution >= 0.6 is 0 Å². The molecule has 24 heavy (non-hydrogen) atoms. The Bertz CT molecular complexity index is 477. The van der Waals surface area contributed by atoms with Gasteiger partial charge in [-0.15, -0.1) is 0 Å². The summed E-state index contributed by atoms with van der Waals surface area (Å²) in [5, 5.41) is 0. The predicted molar refractivity (Wildman–Crippen MR) is 96.5 cm³/mol. The lowest BCUT2D eigenvalue weighted by Gasteiger charge is -2.38. The minimum Gasteiger partial charge on any atom is -0.205 e. The van der Waals surface area contributed by atoms with Crippen molar-refractivity contribution in [2.75, 3.05) is 0 Å². The molecule has 2 heteroatoms. The molecule has 0 nitrogen and oxygen atoms in total. The molecule has 0 heterocycles. The minimum absolute atomic E-state index is 0.149. The van der Waals surface area contributed by atoms with Crippen LogP contribution in [-0.4, -0.2) is 0 Å². The molecule has 0 radical (unpaired) electrons. The minimum atomic E-state index is -2.35. The van der Waals surface area contributed by atoms with Crippen LogP contribution < -0.4 is 0 Å². The number of alkyl halides is 2. The second kappa shape index (κ2) is 8.45. The van der Waals surface area contributed by atoms with Gasteiger partial charge in [0.1, 0.15) is 0 Å². The van der Waals surface area contributed by atoms with E-state index in [1.54, 1.807) is 12.1 Å². The molecule has 0 aromatic heterocycles. The summed E-state index contributed by atoms with van der Waals surface area (Å²) in [6, 6.07) is 7.09. The van der Waals surface area contributed by atoms with Crippen LogP contribution in [0.2, 0.25) is 0 Å². The highest BCUT2D eigenvalue weighted by molar-refractivity contribution is 5.26. The lowest BCUT2D eigenvalue weighted by molar-refractivity contribution is 0.151.